The van der Waals surface area contributed by atoms with Gasteiger partial charge >= 0.3 is 0 Å². The lowest BCUT2D eigenvalue weighted by atomic mass is 10.0. The SMILES string of the molecule is Cc1cc(C(=O)NC(CC(C)C)CN(C)C)c2c(C)noc2n1. The second-order valence-corrected chi connectivity index (χ2v) is 6.82. The normalized spacial score (nSPS) is 13.0. The van der Waals surface area contributed by atoms with Crippen molar-refractivity contribution in [2.75, 3.05) is 20.6 Å². The molecule has 1 amide bonds. The molecule has 0 spiro atoms. The van der Waals surface area contributed by atoms with Crippen molar-refractivity contribution in [3.63, 3.8) is 0 Å². The molecule has 2 heterocycles. The molecule has 2 aromatic rings. The molecule has 0 saturated heterocycles. The zero-order valence-electron chi connectivity index (χ0n) is 14.8. The van der Waals surface area contributed by atoms with E-state index >= 15 is 0 Å². The maximum absolute atomic E-state index is 12.8. The van der Waals surface area contributed by atoms with Crippen LogP contribution in [0.25, 0.3) is 11.1 Å². The molecule has 2 rings (SSSR count). The predicted molar refractivity (Wildman–Crippen MR) is 90.5 cm³/mol. The summed E-state index contributed by atoms with van der Waals surface area (Å²) in [7, 11) is 4.02. The predicted octanol–water partition coefficient (Wildman–Crippen LogP) is 2.55. The molecule has 0 bridgehead atoms. The number of carbonyl (C=O) groups is 1. The number of amides is 1. The molecular formula is C17H26N4O2. The largest absolute Gasteiger partial charge is 0.348 e. The third-order valence-electron chi connectivity index (χ3n) is 3.67. The van der Waals surface area contributed by atoms with Crippen LogP contribution in [0.15, 0.2) is 10.6 Å². The van der Waals surface area contributed by atoms with E-state index in [0.29, 0.717) is 28.3 Å². The van der Waals surface area contributed by atoms with Gasteiger partial charge in [0.1, 0.15) is 0 Å². The zero-order chi connectivity index (χ0) is 17.1. The number of aromatic nitrogens is 2. The second-order valence-electron chi connectivity index (χ2n) is 6.82. The Bertz CT molecular complexity index is 681. The highest BCUT2D eigenvalue weighted by molar-refractivity contribution is 6.06. The molecule has 126 valence electrons. The highest BCUT2D eigenvalue weighted by atomic mass is 16.5. The minimum absolute atomic E-state index is 0.0979. The Labute approximate surface area is 137 Å². The molecule has 0 aromatic carbocycles. The number of hydrogen-bond donors (Lipinski definition) is 1. The summed E-state index contributed by atoms with van der Waals surface area (Å²) < 4.78 is 5.21. The van der Waals surface area contributed by atoms with Crippen LogP contribution in [0, 0.1) is 19.8 Å². The zero-order valence-corrected chi connectivity index (χ0v) is 14.8. The van der Waals surface area contributed by atoms with Crippen LogP contribution >= 0.6 is 0 Å². The molecule has 0 fully saturated rings. The number of nitrogens with one attached hydrogen (secondary N) is 1. The minimum Gasteiger partial charge on any atom is -0.348 e. The molecule has 1 N–H and O–H groups in total. The van der Waals surface area contributed by atoms with Crippen LogP contribution in [-0.4, -0.2) is 47.6 Å². The number of rotatable bonds is 6. The van der Waals surface area contributed by atoms with E-state index in [9.17, 15) is 4.79 Å². The summed E-state index contributed by atoms with van der Waals surface area (Å²) in [5, 5.41) is 7.78. The van der Waals surface area contributed by atoms with E-state index in [-0.39, 0.29) is 11.9 Å². The van der Waals surface area contributed by atoms with Crippen molar-refractivity contribution >= 4 is 17.0 Å². The monoisotopic (exact) mass is 318 g/mol. The number of fused-ring (bicyclic) bond motifs is 1. The van der Waals surface area contributed by atoms with Crippen LogP contribution in [-0.2, 0) is 0 Å². The fourth-order valence-corrected chi connectivity index (χ4v) is 2.85. The first kappa shape index (κ1) is 17.4. The molecule has 0 saturated carbocycles. The van der Waals surface area contributed by atoms with Crippen molar-refractivity contribution < 1.29 is 9.32 Å². The number of aryl methyl sites for hydroxylation is 2. The minimum atomic E-state index is -0.0979. The summed E-state index contributed by atoms with van der Waals surface area (Å²) in [6.07, 6.45) is 0.930. The van der Waals surface area contributed by atoms with E-state index in [4.69, 9.17) is 4.52 Å². The Hall–Kier alpha value is -1.95. The van der Waals surface area contributed by atoms with Gasteiger partial charge < -0.3 is 14.7 Å². The maximum Gasteiger partial charge on any atom is 0.258 e. The lowest BCUT2D eigenvalue weighted by Gasteiger charge is -2.24. The van der Waals surface area contributed by atoms with E-state index < -0.39 is 0 Å². The van der Waals surface area contributed by atoms with Gasteiger partial charge in [0.15, 0.2) is 0 Å². The van der Waals surface area contributed by atoms with Gasteiger partial charge in [0.25, 0.3) is 11.6 Å². The van der Waals surface area contributed by atoms with Crippen molar-refractivity contribution in [3.05, 3.63) is 23.0 Å². The summed E-state index contributed by atoms with van der Waals surface area (Å²) >= 11 is 0. The third-order valence-corrected chi connectivity index (χ3v) is 3.67. The summed E-state index contributed by atoms with van der Waals surface area (Å²) in [6, 6.07) is 1.89. The van der Waals surface area contributed by atoms with Crippen LogP contribution in [0.5, 0.6) is 0 Å². The van der Waals surface area contributed by atoms with E-state index in [1.807, 2.05) is 27.9 Å². The standard InChI is InChI=1S/C17H26N4O2/c1-10(2)7-13(9-21(5)6)19-16(22)14-8-11(3)18-17-15(14)12(4)20-23-17/h8,10,13H,7,9H2,1-6H3,(H,19,22). The van der Waals surface area contributed by atoms with Crippen molar-refractivity contribution in [1.82, 2.24) is 20.4 Å². The number of nitrogens with zero attached hydrogens (tertiary/aromatic N) is 3. The van der Waals surface area contributed by atoms with Gasteiger partial charge in [-0.15, -0.1) is 0 Å². The van der Waals surface area contributed by atoms with Crippen LogP contribution in [0.1, 0.15) is 42.0 Å². The summed E-state index contributed by atoms with van der Waals surface area (Å²) in [4.78, 5) is 19.2. The quantitative estimate of drug-likeness (QED) is 0.886. The first-order valence-corrected chi connectivity index (χ1v) is 7.97. The van der Waals surface area contributed by atoms with E-state index in [1.165, 1.54) is 0 Å². The smallest absolute Gasteiger partial charge is 0.258 e. The topological polar surface area (TPSA) is 71.3 Å². The van der Waals surface area contributed by atoms with Gasteiger partial charge in [-0.3, -0.25) is 4.79 Å². The Morgan fingerprint density at radius 1 is 1.35 bits per heavy atom. The lowest BCUT2D eigenvalue weighted by Crippen LogP contribution is -2.42. The van der Waals surface area contributed by atoms with Crippen LogP contribution in [0.2, 0.25) is 0 Å². The molecule has 6 heteroatoms. The number of likely N-dealkylation sites (N-methyl/N-ethyl adjacent to an activating group) is 1. The molecule has 0 aliphatic carbocycles. The van der Waals surface area contributed by atoms with E-state index in [2.05, 4.69) is 34.2 Å². The van der Waals surface area contributed by atoms with Gasteiger partial charge in [0.2, 0.25) is 0 Å². The van der Waals surface area contributed by atoms with Crippen LogP contribution in [0.4, 0.5) is 0 Å². The molecule has 1 atom stereocenters. The number of pyridine rings is 1. The summed E-state index contributed by atoms with van der Waals surface area (Å²) in [5.41, 5.74) is 2.43. The first-order chi connectivity index (χ1) is 10.8. The fourth-order valence-electron chi connectivity index (χ4n) is 2.85. The Morgan fingerprint density at radius 3 is 2.65 bits per heavy atom. The van der Waals surface area contributed by atoms with Crippen LogP contribution in [0.3, 0.4) is 0 Å². The maximum atomic E-state index is 12.8. The van der Waals surface area contributed by atoms with Gasteiger partial charge in [-0.05, 0) is 46.3 Å². The van der Waals surface area contributed by atoms with Gasteiger partial charge in [0, 0.05) is 18.3 Å². The highest BCUT2D eigenvalue weighted by Gasteiger charge is 2.21. The van der Waals surface area contributed by atoms with Crippen molar-refractivity contribution in [2.24, 2.45) is 5.92 Å². The molecular weight excluding hydrogens is 292 g/mol. The van der Waals surface area contributed by atoms with Crippen molar-refractivity contribution in [2.45, 2.75) is 40.2 Å². The van der Waals surface area contributed by atoms with Crippen molar-refractivity contribution in [3.8, 4) is 0 Å². The van der Waals surface area contributed by atoms with E-state index in [0.717, 1.165) is 18.7 Å². The van der Waals surface area contributed by atoms with Gasteiger partial charge in [-0.2, -0.15) is 0 Å². The Balaban J connectivity index is 2.30. The fraction of sp³-hybridized carbons (Fsp3) is 0.588. The van der Waals surface area contributed by atoms with E-state index in [1.54, 1.807) is 6.07 Å². The molecule has 2 aromatic heterocycles. The number of carbonyl (C=O) groups excluding carboxylic acids is 1. The van der Waals surface area contributed by atoms with Gasteiger partial charge in [-0.25, -0.2) is 4.98 Å². The molecule has 6 nitrogen and oxygen atoms in total. The average Bonchev–Trinajstić information content (AvgIpc) is 2.77. The molecule has 0 aliphatic rings. The second kappa shape index (κ2) is 7.08. The molecule has 23 heavy (non-hydrogen) atoms. The Morgan fingerprint density at radius 2 is 2.04 bits per heavy atom. The number of hydrogen-bond acceptors (Lipinski definition) is 5. The average molecular weight is 318 g/mol. The third kappa shape index (κ3) is 4.28. The Kier molecular flexibility index (Phi) is 5.36. The molecule has 0 aliphatic heterocycles. The van der Waals surface area contributed by atoms with Crippen LogP contribution < -0.4 is 5.32 Å². The van der Waals surface area contributed by atoms with Gasteiger partial charge in [-0.1, -0.05) is 19.0 Å². The summed E-state index contributed by atoms with van der Waals surface area (Å²) in [6.45, 7) is 8.80. The molecule has 0 radical (unpaired) electrons. The molecule has 1 unspecified atom stereocenters. The van der Waals surface area contributed by atoms with Crippen molar-refractivity contribution in [1.29, 1.82) is 0 Å². The van der Waals surface area contributed by atoms with Gasteiger partial charge in [0.05, 0.1) is 16.6 Å². The first-order valence-electron chi connectivity index (χ1n) is 7.97. The highest BCUT2D eigenvalue weighted by Crippen LogP contribution is 2.22. The lowest BCUT2D eigenvalue weighted by molar-refractivity contribution is 0.0926. The summed E-state index contributed by atoms with van der Waals surface area (Å²) in [5.74, 6) is 0.413.